The Morgan fingerprint density at radius 1 is 1.31 bits per heavy atom. The largest absolute Gasteiger partial charge is 0.356 e. The summed E-state index contributed by atoms with van der Waals surface area (Å²) in [5.74, 6) is 0.153. The van der Waals surface area contributed by atoms with Gasteiger partial charge in [-0.3, -0.25) is 15.1 Å². The number of hydrogen-bond donors (Lipinski definition) is 2. The number of nitrogens with one attached hydrogen (secondary N) is 2. The van der Waals surface area contributed by atoms with E-state index in [9.17, 15) is 9.59 Å². The van der Waals surface area contributed by atoms with Gasteiger partial charge in [0, 0.05) is 30.6 Å². The van der Waals surface area contributed by atoms with Crippen molar-refractivity contribution >= 4 is 35.0 Å². The summed E-state index contributed by atoms with van der Waals surface area (Å²) in [6.45, 7) is 2.12. The van der Waals surface area contributed by atoms with E-state index in [-0.39, 0.29) is 6.54 Å². The van der Waals surface area contributed by atoms with Gasteiger partial charge < -0.3 is 9.84 Å². The Bertz CT molecular complexity index is 908. The van der Waals surface area contributed by atoms with Gasteiger partial charge in [-0.1, -0.05) is 11.2 Å². The SMILES string of the molecule is CSc1sc(C(=O)NC(=O)NCc2cccnc2)c(C)c1-c1ccno1. The number of carbonyl (C=O) groups excluding carboxylic acids is 2. The molecule has 0 bridgehead atoms. The molecule has 0 aliphatic carbocycles. The van der Waals surface area contributed by atoms with E-state index < -0.39 is 11.9 Å². The number of thioether (sulfide) groups is 1. The molecule has 7 nitrogen and oxygen atoms in total. The maximum atomic E-state index is 12.5. The minimum Gasteiger partial charge on any atom is -0.356 e. The van der Waals surface area contributed by atoms with Crippen molar-refractivity contribution in [3.63, 3.8) is 0 Å². The van der Waals surface area contributed by atoms with Crippen molar-refractivity contribution in [3.05, 3.63) is 52.8 Å². The lowest BCUT2D eigenvalue weighted by Crippen LogP contribution is -2.39. The van der Waals surface area contributed by atoms with Crippen molar-refractivity contribution in [1.82, 2.24) is 20.8 Å². The smallest absolute Gasteiger partial charge is 0.322 e. The van der Waals surface area contributed by atoms with Gasteiger partial charge in [0.25, 0.3) is 5.91 Å². The van der Waals surface area contributed by atoms with Crippen LogP contribution in [0.5, 0.6) is 0 Å². The molecule has 0 atom stereocenters. The molecule has 3 aromatic heterocycles. The number of hydrogen-bond acceptors (Lipinski definition) is 7. The topological polar surface area (TPSA) is 97.1 Å². The normalized spacial score (nSPS) is 10.5. The predicted molar refractivity (Wildman–Crippen MR) is 100 cm³/mol. The van der Waals surface area contributed by atoms with Crippen LogP contribution in [0.2, 0.25) is 0 Å². The number of pyridine rings is 1. The van der Waals surface area contributed by atoms with E-state index in [1.165, 1.54) is 23.1 Å². The van der Waals surface area contributed by atoms with Gasteiger partial charge in [-0.25, -0.2) is 4.79 Å². The first-order valence-electron chi connectivity index (χ1n) is 7.66. The summed E-state index contributed by atoms with van der Waals surface area (Å²) in [6.07, 6.45) is 6.79. The van der Waals surface area contributed by atoms with E-state index in [1.807, 2.05) is 19.2 Å². The van der Waals surface area contributed by atoms with Crippen LogP contribution in [0.3, 0.4) is 0 Å². The lowest BCUT2D eigenvalue weighted by atomic mass is 10.1. The number of urea groups is 1. The van der Waals surface area contributed by atoms with Crippen molar-refractivity contribution in [1.29, 1.82) is 0 Å². The van der Waals surface area contributed by atoms with Crippen molar-refractivity contribution in [3.8, 4) is 11.3 Å². The number of rotatable bonds is 5. The zero-order valence-electron chi connectivity index (χ0n) is 14.1. The summed E-state index contributed by atoms with van der Waals surface area (Å²) < 4.78 is 6.16. The molecule has 0 spiro atoms. The summed E-state index contributed by atoms with van der Waals surface area (Å²) in [5.41, 5.74) is 2.44. The number of amides is 3. The maximum absolute atomic E-state index is 12.5. The fourth-order valence-electron chi connectivity index (χ4n) is 2.37. The summed E-state index contributed by atoms with van der Waals surface area (Å²) in [4.78, 5) is 29.0. The fourth-order valence-corrected chi connectivity index (χ4v) is 4.35. The van der Waals surface area contributed by atoms with E-state index in [1.54, 1.807) is 30.7 Å². The van der Waals surface area contributed by atoms with Crippen molar-refractivity contribution < 1.29 is 14.1 Å². The van der Waals surface area contributed by atoms with Gasteiger partial charge in [-0.05, 0) is 30.4 Å². The molecule has 0 aromatic carbocycles. The monoisotopic (exact) mass is 388 g/mol. The highest BCUT2D eigenvalue weighted by atomic mass is 32.2. The Hall–Kier alpha value is -2.65. The first-order chi connectivity index (χ1) is 12.6. The minimum atomic E-state index is -0.557. The van der Waals surface area contributed by atoms with Crippen molar-refractivity contribution in [2.45, 2.75) is 17.7 Å². The van der Waals surface area contributed by atoms with Gasteiger partial charge in [0.15, 0.2) is 5.76 Å². The van der Waals surface area contributed by atoms with E-state index in [2.05, 4.69) is 20.8 Å². The Balaban J connectivity index is 1.71. The summed E-state index contributed by atoms with van der Waals surface area (Å²) >= 11 is 2.84. The lowest BCUT2D eigenvalue weighted by Gasteiger charge is -2.06. The zero-order chi connectivity index (χ0) is 18.5. The molecule has 26 heavy (non-hydrogen) atoms. The van der Waals surface area contributed by atoms with Gasteiger partial charge in [-0.15, -0.1) is 23.1 Å². The second-order valence-electron chi connectivity index (χ2n) is 5.30. The second-order valence-corrected chi connectivity index (χ2v) is 7.39. The number of aromatic nitrogens is 2. The first kappa shape index (κ1) is 18.2. The third-order valence-electron chi connectivity index (χ3n) is 3.59. The molecule has 0 fully saturated rings. The average molecular weight is 388 g/mol. The molecule has 0 aliphatic heterocycles. The van der Waals surface area contributed by atoms with Crippen LogP contribution in [0.1, 0.15) is 20.8 Å². The molecule has 0 aliphatic rings. The Morgan fingerprint density at radius 2 is 2.15 bits per heavy atom. The van der Waals surface area contributed by atoms with Gasteiger partial charge in [-0.2, -0.15) is 0 Å². The highest BCUT2D eigenvalue weighted by molar-refractivity contribution is 8.00. The Morgan fingerprint density at radius 3 is 2.81 bits per heavy atom. The number of thiophene rings is 1. The van der Waals surface area contributed by atoms with Crippen LogP contribution in [-0.4, -0.2) is 28.3 Å². The van der Waals surface area contributed by atoms with E-state index in [4.69, 9.17) is 4.52 Å². The van der Waals surface area contributed by atoms with E-state index in [0.29, 0.717) is 10.6 Å². The molecular weight excluding hydrogens is 372 g/mol. The second kappa shape index (κ2) is 8.15. The molecule has 3 heterocycles. The van der Waals surface area contributed by atoms with Crippen LogP contribution in [0.15, 0.2) is 45.5 Å². The first-order valence-corrected chi connectivity index (χ1v) is 9.70. The molecule has 3 rings (SSSR count). The predicted octanol–water partition coefficient (Wildman–Crippen LogP) is 3.47. The average Bonchev–Trinajstić information content (AvgIpc) is 3.28. The van der Waals surface area contributed by atoms with Crippen LogP contribution >= 0.6 is 23.1 Å². The molecule has 3 aromatic rings. The van der Waals surface area contributed by atoms with Gasteiger partial charge in [0.05, 0.1) is 15.3 Å². The molecule has 0 radical (unpaired) electrons. The number of imide groups is 1. The highest BCUT2D eigenvalue weighted by Crippen LogP contribution is 2.41. The van der Waals surface area contributed by atoms with Crippen molar-refractivity contribution in [2.75, 3.05) is 6.26 Å². The minimum absolute atomic E-state index is 0.287. The Labute approximate surface area is 158 Å². The molecule has 0 saturated heterocycles. The summed E-state index contributed by atoms with van der Waals surface area (Å²) in [6, 6.07) is 4.81. The third-order valence-corrected chi connectivity index (χ3v) is 6.00. The van der Waals surface area contributed by atoms with Crippen LogP contribution in [0, 0.1) is 6.92 Å². The maximum Gasteiger partial charge on any atom is 0.322 e. The molecule has 0 saturated carbocycles. The molecule has 134 valence electrons. The number of nitrogens with zero attached hydrogens (tertiary/aromatic N) is 2. The van der Waals surface area contributed by atoms with Gasteiger partial charge in [0.2, 0.25) is 0 Å². The van der Waals surface area contributed by atoms with Crippen LogP contribution < -0.4 is 10.6 Å². The van der Waals surface area contributed by atoms with E-state index >= 15 is 0 Å². The fraction of sp³-hybridized carbons (Fsp3) is 0.176. The highest BCUT2D eigenvalue weighted by Gasteiger charge is 2.23. The molecule has 3 amide bonds. The van der Waals surface area contributed by atoms with Crippen molar-refractivity contribution in [2.24, 2.45) is 0 Å². The molecular formula is C17H16N4O3S2. The quantitative estimate of drug-likeness (QED) is 0.650. The number of carbonyl (C=O) groups is 2. The lowest BCUT2D eigenvalue weighted by molar-refractivity contribution is 0.0967. The molecule has 9 heteroatoms. The van der Waals surface area contributed by atoms with E-state index in [0.717, 1.165) is 20.9 Å². The summed E-state index contributed by atoms with van der Waals surface area (Å²) in [5, 5.41) is 8.73. The summed E-state index contributed by atoms with van der Waals surface area (Å²) in [7, 11) is 0. The molecule has 2 N–H and O–H groups in total. The third kappa shape index (κ3) is 3.94. The van der Waals surface area contributed by atoms with Crippen LogP contribution in [-0.2, 0) is 6.54 Å². The van der Waals surface area contributed by atoms with Gasteiger partial charge in [0.1, 0.15) is 0 Å². The van der Waals surface area contributed by atoms with Crippen LogP contribution in [0.4, 0.5) is 4.79 Å². The van der Waals surface area contributed by atoms with Gasteiger partial charge >= 0.3 is 6.03 Å². The van der Waals surface area contributed by atoms with Crippen LogP contribution in [0.25, 0.3) is 11.3 Å². The standard InChI is InChI=1S/C17H16N4O3S2/c1-10-13(12-5-7-20-24-12)16(25-2)26-14(10)15(22)21-17(23)19-9-11-4-3-6-18-8-11/h3-8H,9H2,1-2H3,(H2,19,21,22,23). The zero-order valence-corrected chi connectivity index (χ0v) is 15.7. The molecule has 0 unspecified atom stereocenters. The Kier molecular flexibility index (Phi) is 5.69.